The first-order chi connectivity index (χ1) is 14.3. The van der Waals surface area contributed by atoms with E-state index in [1.807, 2.05) is 24.8 Å². The Labute approximate surface area is 177 Å². The summed E-state index contributed by atoms with van der Waals surface area (Å²) in [5.41, 5.74) is 3.31. The SMILES string of the molecule is Cc1cccc(N2C(C3C4CN(C(=O)c5cc(C(C)C)[nH]n5)CC43)=NOC2(C)C)c1. The Hall–Kier alpha value is -2.83. The maximum absolute atomic E-state index is 12.9. The number of amidine groups is 1. The van der Waals surface area contributed by atoms with E-state index < -0.39 is 5.72 Å². The molecule has 2 aliphatic heterocycles. The summed E-state index contributed by atoms with van der Waals surface area (Å²) in [5.74, 6) is 2.54. The van der Waals surface area contributed by atoms with Crippen LogP contribution >= 0.6 is 0 Å². The largest absolute Gasteiger partial charge is 0.366 e. The minimum absolute atomic E-state index is 0.0181. The molecule has 2 fully saturated rings. The second kappa shape index (κ2) is 6.59. The predicted octanol–water partition coefficient (Wildman–Crippen LogP) is 3.75. The summed E-state index contributed by atoms with van der Waals surface area (Å²) in [7, 11) is 0. The molecule has 1 saturated carbocycles. The van der Waals surface area contributed by atoms with Crippen molar-refractivity contribution in [3.8, 4) is 0 Å². The molecule has 1 aliphatic carbocycles. The van der Waals surface area contributed by atoms with Gasteiger partial charge in [-0.25, -0.2) is 0 Å². The number of aryl methyl sites for hydroxylation is 1. The topological polar surface area (TPSA) is 73.8 Å². The second-order valence-electron chi connectivity index (χ2n) is 9.59. The highest BCUT2D eigenvalue weighted by atomic mass is 16.7. The molecule has 1 amide bonds. The minimum atomic E-state index is -0.516. The number of hydrogen-bond acceptors (Lipinski definition) is 5. The zero-order chi connectivity index (χ0) is 21.2. The van der Waals surface area contributed by atoms with Crippen molar-refractivity contribution in [1.82, 2.24) is 15.1 Å². The first-order valence-corrected chi connectivity index (χ1v) is 10.7. The highest BCUT2D eigenvalue weighted by Gasteiger charge is 2.62. The van der Waals surface area contributed by atoms with Crippen LogP contribution in [0.2, 0.25) is 0 Å². The number of aromatic nitrogens is 2. The fraction of sp³-hybridized carbons (Fsp3) is 0.522. The van der Waals surface area contributed by atoms with E-state index >= 15 is 0 Å². The number of likely N-dealkylation sites (tertiary alicyclic amines) is 1. The van der Waals surface area contributed by atoms with Crippen LogP contribution in [-0.4, -0.2) is 45.7 Å². The van der Waals surface area contributed by atoms with Crippen LogP contribution in [0.4, 0.5) is 5.69 Å². The molecule has 0 spiro atoms. The van der Waals surface area contributed by atoms with Gasteiger partial charge in [0.2, 0.25) is 5.72 Å². The van der Waals surface area contributed by atoms with Gasteiger partial charge in [-0.1, -0.05) is 31.1 Å². The van der Waals surface area contributed by atoms with E-state index in [0.717, 1.165) is 30.3 Å². The third-order valence-electron chi connectivity index (χ3n) is 6.61. The van der Waals surface area contributed by atoms with Gasteiger partial charge in [0.25, 0.3) is 5.91 Å². The van der Waals surface area contributed by atoms with Crippen LogP contribution in [0.3, 0.4) is 0 Å². The number of hydrogen-bond donors (Lipinski definition) is 1. The number of nitrogens with zero attached hydrogens (tertiary/aromatic N) is 4. The number of aromatic amines is 1. The molecular formula is C23H29N5O2. The van der Waals surface area contributed by atoms with Crippen molar-refractivity contribution >= 4 is 17.4 Å². The summed E-state index contributed by atoms with van der Waals surface area (Å²) < 4.78 is 0. The van der Waals surface area contributed by atoms with Gasteiger partial charge in [0.15, 0.2) is 5.84 Å². The van der Waals surface area contributed by atoms with E-state index in [2.05, 4.69) is 65.3 Å². The lowest BCUT2D eigenvalue weighted by Gasteiger charge is -2.32. The van der Waals surface area contributed by atoms with Crippen molar-refractivity contribution in [2.24, 2.45) is 22.9 Å². The molecule has 7 nitrogen and oxygen atoms in total. The lowest BCUT2D eigenvalue weighted by atomic mass is 10.1. The first-order valence-electron chi connectivity index (χ1n) is 10.7. The average Bonchev–Trinajstić information content (AvgIpc) is 3.11. The number of piperidine rings is 1. The van der Waals surface area contributed by atoms with Gasteiger partial charge >= 0.3 is 0 Å². The van der Waals surface area contributed by atoms with Gasteiger partial charge in [0.1, 0.15) is 5.69 Å². The van der Waals surface area contributed by atoms with Crippen molar-refractivity contribution in [2.75, 3.05) is 18.0 Å². The van der Waals surface area contributed by atoms with E-state index in [1.54, 1.807) is 0 Å². The molecule has 5 rings (SSSR count). The van der Waals surface area contributed by atoms with E-state index in [9.17, 15) is 4.79 Å². The smallest absolute Gasteiger partial charge is 0.274 e. The summed E-state index contributed by atoms with van der Waals surface area (Å²) in [5, 5.41) is 11.7. The monoisotopic (exact) mass is 407 g/mol. The van der Waals surface area contributed by atoms with Crippen LogP contribution in [0.1, 0.15) is 55.4 Å². The molecule has 2 aromatic rings. The van der Waals surface area contributed by atoms with Crippen LogP contribution in [-0.2, 0) is 4.84 Å². The highest BCUT2D eigenvalue weighted by Crippen LogP contribution is 2.55. The van der Waals surface area contributed by atoms with Gasteiger partial charge < -0.3 is 9.74 Å². The number of amides is 1. The molecule has 1 saturated heterocycles. The van der Waals surface area contributed by atoms with Crippen LogP contribution in [0.25, 0.3) is 0 Å². The Morgan fingerprint density at radius 2 is 1.97 bits per heavy atom. The average molecular weight is 408 g/mol. The molecular weight excluding hydrogens is 378 g/mol. The Bertz CT molecular complexity index is 1010. The Balaban J connectivity index is 1.30. The van der Waals surface area contributed by atoms with E-state index in [0.29, 0.717) is 29.4 Å². The standard InChI is InChI=1S/C23H29N5O2/c1-13(2)18-10-19(25-24-18)22(29)27-11-16-17(12-27)20(16)21-26-30-23(4,5)28(21)15-8-6-7-14(3)9-15/h6-10,13,16-17,20H,11-12H2,1-5H3,(H,24,25). The maximum atomic E-state index is 12.9. The van der Waals surface area contributed by atoms with Gasteiger partial charge in [0.05, 0.1) is 0 Å². The molecule has 1 aromatic carbocycles. The molecule has 0 bridgehead atoms. The third-order valence-corrected chi connectivity index (χ3v) is 6.61. The van der Waals surface area contributed by atoms with Crippen molar-refractivity contribution in [1.29, 1.82) is 0 Å². The summed E-state index contributed by atoms with van der Waals surface area (Å²) in [6.45, 7) is 11.9. The minimum Gasteiger partial charge on any atom is -0.366 e. The normalized spacial score (nSPS) is 26.6. The Morgan fingerprint density at radius 3 is 2.60 bits per heavy atom. The summed E-state index contributed by atoms with van der Waals surface area (Å²) in [6.07, 6.45) is 0. The number of anilines is 1. The van der Waals surface area contributed by atoms with Crippen LogP contribution in [0, 0.1) is 24.7 Å². The molecule has 0 radical (unpaired) electrons. The van der Waals surface area contributed by atoms with Crippen molar-refractivity contribution < 1.29 is 9.63 Å². The Morgan fingerprint density at radius 1 is 1.23 bits per heavy atom. The first kappa shape index (κ1) is 19.2. The molecule has 3 aliphatic rings. The van der Waals surface area contributed by atoms with Crippen LogP contribution < -0.4 is 4.90 Å². The van der Waals surface area contributed by atoms with E-state index in [-0.39, 0.29) is 5.91 Å². The number of benzene rings is 1. The zero-order valence-corrected chi connectivity index (χ0v) is 18.2. The van der Waals surface area contributed by atoms with Gasteiger partial charge in [-0.3, -0.25) is 14.8 Å². The highest BCUT2D eigenvalue weighted by molar-refractivity contribution is 6.03. The van der Waals surface area contributed by atoms with Gasteiger partial charge in [-0.05, 0) is 62.3 Å². The molecule has 2 atom stereocenters. The lowest BCUT2D eigenvalue weighted by Crippen LogP contribution is -2.46. The van der Waals surface area contributed by atoms with Crippen molar-refractivity contribution in [3.05, 3.63) is 47.3 Å². The van der Waals surface area contributed by atoms with Crippen molar-refractivity contribution in [2.45, 2.75) is 46.3 Å². The summed E-state index contributed by atoms with van der Waals surface area (Å²) in [4.78, 5) is 22.9. The number of H-pyrrole nitrogens is 1. The lowest BCUT2D eigenvalue weighted by molar-refractivity contribution is 0.0138. The van der Waals surface area contributed by atoms with Gasteiger partial charge in [0, 0.05) is 30.4 Å². The number of fused-ring (bicyclic) bond motifs is 1. The molecule has 1 N–H and O–H groups in total. The van der Waals surface area contributed by atoms with E-state index in [4.69, 9.17) is 4.84 Å². The molecule has 7 heteroatoms. The Kier molecular flexibility index (Phi) is 4.21. The molecule has 30 heavy (non-hydrogen) atoms. The second-order valence-corrected chi connectivity index (χ2v) is 9.59. The third kappa shape index (κ3) is 2.99. The van der Waals surface area contributed by atoms with Crippen LogP contribution in [0.5, 0.6) is 0 Å². The molecule has 1 aromatic heterocycles. The van der Waals surface area contributed by atoms with Gasteiger partial charge in [-0.2, -0.15) is 5.10 Å². The number of carbonyl (C=O) groups excluding carboxylic acids is 1. The number of nitrogens with one attached hydrogen (secondary N) is 1. The fourth-order valence-corrected chi connectivity index (χ4v) is 4.92. The predicted molar refractivity (Wildman–Crippen MR) is 115 cm³/mol. The zero-order valence-electron chi connectivity index (χ0n) is 18.2. The summed E-state index contributed by atoms with van der Waals surface area (Å²) in [6, 6.07) is 10.3. The molecule has 2 unspecified atom stereocenters. The number of oxime groups is 1. The van der Waals surface area contributed by atoms with Gasteiger partial charge in [-0.15, -0.1) is 0 Å². The number of carbonyl (C=O) groups is 1. The van der Waals surface area contributed by atoms with Crippen molar-refractivity contribution in [3.63, 3.8) is 0 Å². The molecule has 3 heterocycles. The van der Waals surface area contributed by atoms with Crippen LogP contribution in [0.15, 0.2) is 35.5 Å². The van der Waals surface area contributed by atoms with E-state index in [1.165, 1.54) is 5.56 Å². The summed E-state index contributed by atoms with van der Waals surface area (Å²) >= 11 is 0. The number of rotatable bonds is 4. The molecule has 158 valence electrons. The quantitative estimate of drug-likeness (QED) is 0.838. The maximum Gasteiger partial charge on any atom is 0.274 e. The fourth-order valence-electron chi connectivity index (χ4n) is 4.92.